The van der Waals surface area contributed by atoms with Crippen LogP contribution in [0.2, 0.25) is 0 Å². The van der Waals surface area contributed by atoms with E-state index in [0.29, 0.717) is 39.3 Å². The standard InChI is InChI=1S/C30H44N4O10/c1-22(30(38)39)19-24(31)20-23-4-5-26-25(21-23)34-28(36)6-11-40-15-18-43-14-10-33-27(35)3-2-8-32-9-13-42-17-16-41-12-7-29(37)44-26/h4-5,21-22,24,32H,6-20,31H2,1H3,(H,33,35)(H,34,36)(H,38,39)/t22?,24-/m1/s1. The van der Waals surface area contributed by atoms with Crippen LogP contribution in [0.25, 0.3) is 0 Å². The number of benzene rings is 1. The summed E-state index contributed by atoms with van der Waals surface area (Å²) in [4.78, 5) is 48.1. The van der Waals surface area contributed by atoms with E-state index in [4.69, 9.17) is 29.4 Å². The molecule has 1 aliphatic rings. The Bertz CT molecular complexity index is 1120. The maximum absolute atomic E-state index is 12.7. The summed E-state index contributed by atoms with van der Waals surface area (Å²) in [7, 11) is 0. The van der Waals surface area contributed by atoms with Crippen molar-refractivity contribution >= 4 is 29.4 Å². The SMILES string of the molecule is CC(C[C@@H](N)Cc1ccc2c(c1)NC(=O)CCOCCOCCNC(=O)C#CCNCCOCCOCCC(=O)O2)C(=O)O. The van der Waals surface area contributed by atoms with Crippen LogP contribution in [0, 0.1) is 17.8 Å². The molecule has 2 amide bonds. The molecule has 1 aliphatic heterocycles. The van der Waals surface area contributed by atoms with Gasteiger partial charge in [0, 0.05) is 19.1 Å². The van der Waals surface area contributed by atoms with E-state index >= 15 is 0 Å². The molecule has 0 spiro atoms. The van der Waals surface area contributed by atoms with Crippen molar-refractivity contribution in [3.8, 4) is 17.6 Å². The number of ether oxygens (including phenoxy) is 5. The van der Waals surface area contributed by atoms with Gasteiger partial charge in [0.25, 0.3) is 5.91 Å². The molecule has 0 saturated heterocycles. The largest absolute Gasteiger partial charge is 0.481 e. The summed E-state index contributed by atoms with van der Waals surface area (Å²) in [6, 6.07) is 4.52. The van der Waals surface area contributed by atoms with Crippen LogP contribution in [0.4, 0.5) is 5.69 Å². The smallest absolute Gasteiger partial charge is 0.313 e. The average molecular weight is 621 g/mol. The molecule has 44 heavy (non-hydrogen) atoms. The summed E-state index contributed by atoms with van der Waals surface area (Å²) in [5.74, 6) is 2.55. The van der Waals surface area contributed by atoms with E-state index in [0.717, 1.165) is 5.56 Å². The molecule has 1 unspecified atom stereocenters. The Kier molecular flexibility index (Phi) is 18.3. The normalized spacial score (nSPS) is 19.3. The van der Waals surface area contributed by atoms with Crippen molar-refractivity contribution in [3.63, 3.8) is 0 Å². The van der Waals surface area contributed by atoms with Gasteiger partial charge in [-0.2, -0.15) is 0 Å². The maximum Gasteiger partial charge on any atom is 0.313 e. The van der Waals surface area contributed by atoms with Gasteiger partial charge in [-0.15, -0.1) is 0 Å². The van der Waals surface area contributed by atoms with Gasteiger partial charge in [-0.05, 0) is 36.5 Å². The highest BCUT2D eigenvalue weighted by molar-refractivity contribution is 5.93. The number of hydrogen-bond donors (Lipinski definition) is 5. The molecule has 2 rings (SSSR count). The summed E-state index contributed by atoms with van der Waals surface area (Å²) in [6.07, 6.45) is 0.657. The van der Waals surface area contributed by atoms with Crippen LogP contribution >= 0.6 is 0 Å². The monoisotopic (exact) mass is 620 g/mol. The maximum atomic E-state index is 12.7. The lowest BCUT2D eigenvalue weighted by atomic mass is 9.96. The summed E-state index contributed by atoms with van der Waals surface area (Å²) in [5, 5.41) is 17.6. The zero-order valence-electron chi connectivity index (χ0n) is 25.2. The number of anilines is 1. The molecule has 1 aromatic rings. The predicted molar refractivity (Wildman–Crippen MR) is 160 cm³/mol. The first-order valence-electron chi connectivity index (χ1n) is 14.6. The molecule has 14 nitrogen and oxygen atoms in total. The van der Waals surface area contributed by atoms with E-state index in [1.165, 1.54) is 0 Å². The van der Waals surface area contributed by atoms with Gasteiger partial charge in [0.1, 0.15) is 0 Å². The van der Waals surface area contributed by atoms with Crippen LogP contribution in [0.15, 0.2) is 18.2 Å². The molecule has 0 radical (unpaired) electrons. The molecule has 6 N–H and O–H groups in total. The van der Waals surface area contributed by atoms with Crippen LogP contribution < -0.4 is 26.4 Å². The van der Waals surface area contributed by atoms with E-state index < -0.39 is 29.8 Å². The Morgan fingerprint density at radius 1 is 0.955 bits per heavy atom. The summed E-state index contributed by atoms with van der Waals surface area (Å²) < 4.78 is 27.3. The van der Waals surface area contributed by atoms with E-state index in [9.17, 15) is 24.3 Å². The average Bonchev–Trinajstić information content (AvgIpc) is 2.97. The Balaban J connectivity index is 1.99. The van der Waals surface area contributed by atoms with Gasteiger partial charge in [0.05, 0.1) is 83.8 Å². The molecule has 0 aromatic heterocycles. The van der Waals surface area contributed by atoms with Crippen molar-refractivity contribution in [2.45, 2.75) is 38.6 Å². The number of fused-ring (bicyclic) bond motifs is 1. The van der Waals surface area contributed by atoms with Crippen LogP contribution in [0.3, 0.4) is 0 Å². The summed E-state index contributed by atoms with van der Waals surface area (Å²) in [6.45, 7) is 4.89. The minimum Gasteiger partial charge on any atom is -0.481 e. The molecule has 0 fully saturated rings. The number of carbonyl (C=O) groups is 4. The number of amides is 2. The number of carboxylic acids is 1. The molecule has 0 bridgehead atoms. The van der Waals surface area contributed by atoms with Gasteiger partial charge < -0.3 is 50.5 Å². The third kappa shape index (κ3) is 16.9. The summed E-state index contributed by atoms with van der Waals surface area (Å²) >= 11 is 0. The first-order valence-corrected chi connectivity index (χ1v) is 14.6. The highest BCUT2D eigenvalue weighted by Crippen LogP contribution is 2.27. The fourth-order valence-electron chi connectivity index (χ4n) is 3.88. The second-order valence-corrected chi connectivity index (χ2v) is 9.98. The molecule has 0 aliphatic carbocycles. The molecule has 14 heteroatoms. The predicted octanol–water partition coefficient (Wildman–Crippen LogP) is 0.0805. The van der Waals surface area contributed by atoms with Crippen molar-refractivity contribution in [2.75, 3.05) is 77.8 Å². The van der Waals surface area contributed by atoms with E-state index in [1.807, 2.05) is 0 Å². The van der Waals surface area contributed by atoms with Crippen LogP contribution in [-0.2, 0) is 44.5 Å². The second kappa shape index (κ2) is 22.0. The Morgan fingerprint density at radius 2 is 1.61 bits per heavy atom. The Morgan fingerprint density at radius 3 is 2.32 bits per heavy atom. The van der Waals surface area contributed by atoms with Crippen LogP contribution in [0.5, 0.6) is 5.75 Å². The Hall–Kier alpha value is -3.58. The number of aliphatic carboxylic acids is 1. The molecule has 1 aromatic carbocycles. The van der Waals surface area contributed by atoms with Crippen molar-refractivity contribution in [1.82, 2.24) is 10.6 Å². The van der Waals surface area contributed by atoms with Crippen LogP contribution in [-0.4, -0.2) is 107 Å². The number of nitrogens with two attached hydrogens (primary N) is 1. The molecule has 2 atom stereocenters. The number of nitrogens with one attached hydrogen (secondary N) is 3. The lowest BCUT2D eigenvalue weighted by Gasteiger charge is -2.17. The van der Waals surface area contributed by atoms with Gasteiger partial charge in [0.2, 0.25) is 5.91 Å². The zero-order valence-corrected chi connectivity index (χ0v) is 25.2. The number of rotatable bonds is 5. The molecule has 0 saturated carbocycles. The van der Waals surface area contributed by atoms with Gasteiger partial charge in [-0.3, -0.25) is 19.2 Å². The molecular weight excluding hydrogens is 576 g/mol. The van der Waals surface area contributed by atoms with Gasteiger partial charge >= 0.3 is 11.9 Å². The minimum atomic E-state index is -0.923. The number of hydrogen-bond acceptors (Lipinski definition) is 11. The molecular formula is C30H44N4O10. The van der Waals surface area contributed by atoms with E-state index in [1.54, 1.807) is 25.1 Å². The molecule has 1 heterocycles. The first-order chi connectivity index (χ1) is 21.2. The second-order valence-electron chi connectivity index (χ2n) is 9.98. The number of carbonyl (C=O) groups excluding carboxylic acids is 3. The third-order valence-corrected chi connectivity index (χ3v) is 6.16. The first kappa shape index (κ1) is 36.6. The Labute approximate surface area is 257 Å². The van der Waals surface area contributed by atoms with E-state index in [2.05, 4.69) is 27.8 Å². The lowest BCUT2D eigenvalue weighted by Crippen LogP contribution is -2.28. The summed E-state index contributed by atoms with van der Waals surface area (Å²) in [5.41, 5.74) is 7.20. The highest BCUT2D eigenvalue weighted by atomic mass is 16.5. The van der Waals surface area contributed by atoms with E-state index in [-0.39, 0.29) is 76.2 Å². The topological polar surface area (TPSA) is 197 Å². The third-order valence-electron chi connectivity index (χ3n) is 6.16. The van der Waals surface area contributed by atoms with Crippen molar-refractivity contribution in [3.05, 3.63) is 23.8 Å². The number of carboxylic acid groups (broad SMARTS) is 1. The van der Waals surface area contributed by atoms with Crippen molar-refractivity contribution in [1.29, 1.82) is 0 Å². The van der Waals surface area contributed by atoms with Gasteiger partial charge in [0.15, 0.2) is 5.75 Å². The van der Waals surface area contributed by atoms with Crippen molar-refractivity contribution in [2.24, 2.45) is 11.7 Å². The van der Waals surface area contributed by atoms with Gasteiger partial charge in [-0.1, -0.05) is 18.9 Å². The zero-order chi connectivity index (χ0) is 32.0. The van der Waals surface area contributed by atoms with Crippen molar-refractivity contribution < 1.29 is 48.0 Å². The fourth-order valence-corrected chi connectivity index (χ4v) is 3.88. The highest BCUT2D eigenvalue weighted by Gasteiger charge is 2.18. The minimum absolute atomic E-state index is 0.0171. The number of esters is 1. The quantitative estimate of drug-likeness (QED) is 0.169. The van der Waals surface area contributed by atoms with Gasteiger partial charge in [-0.25, -0.2) is 0 Å². The van der Waals surface area contributed by atoms with Crippen LogP contribution in [0.1, 0.15) is 31.7 Å². The fraction of sp³-hybridized carbons (Fsp3) is 0.600. The lowest BCUT2D eigenvalue weighted by molar-refractivity contribution is -0.141. The molecule has 244 valence electrons.